The number of likely N-dealkylation sites (tertiary alicyclic amines) is 1. The molecule has 1 aliphatic carbocycles. The van der Waals surface area contributed by atoms with Crippen molar-refractivity contribution in [2.75, 3.05) is 25.0 Å². The Balaban J connectivity index is 0.00000300. The molecule has 3 amide bonds. The Kier molecular flexibility index (Phi) is 9.24. The number of hydrogen-bond donors (Lipinski definition) is 3. The number of carbonyl (C=O) groups is 2. The minimum Gasteiger partial charge on any atom is -0.352 e. The predicted molar refractivity (Wildman–Crippen MR) is 119 cm³/mol. The molecule has 162 valence electrons. The van der Waals surface area contributed by atoms with E-state index in [2.05, 4.69) is 10.6 Å². The third-order valence-corrected chi connectivity index (χ3v) is 6.15. The molecular formula is C22H35ClN4O2. The van der Waals surface area contributed by atoms with Crippen molar-refractivity contribution in [3.63, 3.8) is 0 Å². The standard InChI is InChI=1S/C22H34N4O2.ClH/c1-16-7-5-11-19(13-16)24-22(28)26-12-6-10-18(15-26)21(27)25-20(14-23)17-8-3-2-4-9-17;/h5,7,11,13,17-18,20H,2-4,6,8-10,12,14-15,23H2,1H3,(H,24,28)(H,25,27);1H. The van der Waals surface area contributed by atoms with Gasteiger partial charge in [-0.05, 0) is 56.2 Å². The van der Waals surface area contributed by atoms with E-state index in [1.165, 1.54) is 19.3 Å². The molecule has 0 aromatic heterocycles. The minimum atomic E-state index is -0.158. The van der Waals surface area contributed by atoms with E-state index in [0.717, 1.165) is 36.9 Å². The average Bonchev–Trinajstić information content (AvgIpc) is 2.72. The number of aryl methyl sites for hydroxylation is 1. The molecule has 1 aliphatic heterocycles. The highest BCUT2D eigenvalue weighted by Crippen LogP contribution is 2.27. The molecule has 2 unspecified atom stereocenters. The Bertz CT molecular complexity index is 679. The van der Waals surface area contributed by atoms with Crippen LogP contribution in [0.4, 0.5) is 10.5 Å². The molecule has 1 aromatic carbocycles. The summed E-state index contributed by atoms with van der Waals surface area (Å²) in [5, 5.41) is 6.15. The van der Waals surface area contributed by atoms with Crippen LogP contribution in [-0.2, 0) is 4.79 Å². The Hall–Kier alpha value is -1.79. The van der Waals surface area contributed by atoms with Gasteiger partial charge in [-0.25, -0.2) is 4.79 Å². The van der Waals surface area contributed by atoms with E-state index in [1.54, 1.807) is 4.90 Å². The van der Waals surface area contributed by atoms with Crippen LogP contribution in [0.1, 0.15) is 50.5 Å². The Labute approximate surface area is 180 Å². The molecule has 1 saturated heterocycles. The van der Waals surface area contributed by atoms with Gasteiger partial charge in [-0.3, -0.25) is 4.79 Å². The largest absolute Gasteiger partial charge is 0.352 e. The molecule has 4 N–H and O–H groups in total. The molecule has 1 saturated carbocycles. The summed E-state index contributed by atoms with van der Waals surface area (Å²) in [6.07, 6.45) is 7.71. The first-order valence-corrected chi connectivity index (χ1v) is 10.7. The second kappa shape index (κ2) is 11.4. The topological polar surface area (TPSA) is 87.5 Å². The number of halogens is 1. The second-order valence-corrected chi connectivity index (χ2v) is 8.33. The van der Waals surface area contributed by atoms with Gasteiger partial charge in [0, 0.05) is 31.4 Å². The van der Waals surface area contributed by atoms with Gasteiger partial charge < -0.3 is 21.3 Å². The third kappa shape index (κ3) is 6.61. The van der Waals surface area contributed by atoms with Crippen molar-refractivity contribution in [2.45, 2.75) is 57.9 Å². The molecule has 2 atom stereocenters. The fourth-order valence-corrected chi connectivity index (χ4v) is 4.51. The van der Waals surface area contributed by atoms with Crippen LogP contribution in [0, 0.1) is 18.8 Å². The molecule has 0 bridgehead atoms. The molecule has 0 radical (unpaired) electrons. The lowest BCUT2D eigenvalue weighted by atomic mass is 9.83. The number of nitrogens with one attached hydrogen (secondary N) is 2. The van der Waals surface area contributed by atoms with Crippen LogP contribution in [0.3, 0.4) is 0 Å². The fraction of sp³-hybridized carbons (Fsp3) is 0.636. The molecule has 2 aliphatic rings. The van der Waals surface area contributed by atoms with E-state index in [1.807, 2.05) is 31.2 Å². The molecule has 29 heavy (non-hydrogen) atoms. The number of amides is 3. The number of benzene rings is 1. The van der Waals surface area contributed by atoms with Gasteiger partial charge in [0.25, 0.3) is 0 Å². The van der Waals surface area contributed by atoms with Crippen LogP contribution in [0.25, 0.3) is 0 Å². The number of piperidine rings is 1. The smallest absolute Gasteiger partial charge is 0.321 e. The highest BCUT2D eigenvalue weighted by molar-refractivity contribution is 5.90. The lowest BCUT2D eigenvalue weighted by molar-refractivity contribution is -0.127. The summed E-state index contributed by atoms with van der Waals surface area (Å²) in [6, 6.07) is 7.68. The lowest BCUT2D eigenvalue weighted by Gasteiger charge is -2.35. The van der Waals surface area contributed by atoms with Gasteiger partial charge in [-0.1, -0.05) is 31.4 Å². The second-order valence-electron chi connectivity index (χ2n) is 8.33. The molecule has 6 nitrogen and oxygen atoms in total. The molecule has 1 aromatic rings. The number of hydrogen-bond acceptors (Lipinski definition) is 3. The van der Waals surface area contributed by atoms with Crippen molar-refractivity contribution in [3.05, 3.63) is 29.8 Å². The summed E-state index contributed by atoms with van der Waals surface area (Å²) in [7, 11) is 0. The van der Waals surface area contributed by atoms with Crippen LogP contribution in [-0.4, -0.2) is 42.5 Å². The van der Waals surface area contributed by atoms with Crippen LogP contribution < -0.4 is 16.4 Å². The molecule has 7 heteroatoms. The van der Waals surface area contributed by atoms with Crippen LogP contribution in [0.2, 0.25) is 0 Å². The van der Waals surface area contributed by atoms with Gasteiger partial charge in [-0.2, -0.15) is 0 Å². The van der Waals surface area contributed by atoms with E-state index in [4.69, 9.17) is 5.73 Å². The van der Waals surface area contributed by atoms with E-state index in [9.17, 15) is 9.59 Å². The van der Waals surface area contributed by atoms with E-state index in [0.29, 0.717) is 25.6 Å². The molecule has 2 fully saturated rings. The highest BCUT2D eigenvalue weighted by Gasteiger charge is 2.31. The van der Waals surface area contributed by atoms with E-state index in [-0.39, 0.29) is 36.3 Å². The first-order chi connectivity index (χ1) is 13.6. The lowest BCUT2D eigenvalue weighted by Crippen LogP contribution is -2.52. The van der Waals surface area contributed by atoms with Crippen molar-refractivity contribution < 1.29 is 9.59 Å². The first-order valence-electron chi connectivity index (χ1n) is 10.7. The van der Waals surface area contributed by atoms with Crippen molar-refractivity contribution in [1.29, 1.82) is 0 Å². The summed E-state index contributed by atoms with van der Waals surface area (Å²) in [6.45, 7) is 3.63. The monoisotopic (exact) mass is 422 g/mol. The average molecular weight is 423 g/mol. The highest BCUT2D eigenvalue weighted by atomic mass is 35.5. The zero-order chi connectivity index (χ0) is 19.9. The first kappa shape index (κ1) is 23.5. The molecular weight excluding hydrogens is 388 g/mol. The Morgan fingerprint density at radius 3 is 2.62 bits per heavy atom. The molecule has 1 heterocycles. The van der Waals surface area contributed by atoms with Crippen LogP contribution >= 0.6 is 12.4 Å². The zero-order valence-corrected chi connectivity index (χ0v) is 18.2. The summed E-state index contributed by atoms with van der Waals surface area (Å²) >= 11 is 0. The quantitative estimate of drug-likeness (QED) is 0.676. The number of carbonyl (C=O) groups excluding carboxylic acids is 2. The number of anilines is 1. The van der Waals surface area contributed by atoms with E-state index < -0.39 is 0 Å². The van der Waals surface area contributed by atoms with Gasteiger partial charge in [0.05, 0.1) is 5.92 Å². The van der Waals surface area contributed by atoms with Crippen LogP contribution in [0.15, 0.2) is 24.3 Å². The maximum Gasteiger partial charge on any atom is 0.321 e. The zero-order valence-electron chi connectivity index (χ0n) is 17.4. The van der Waals surface area contributed by atoms with Gasteiger partial charge in [0.2, 0.25) is 5.91 Å². The predicted octanol–water partition coefficient (Wildman–Crippen LogP) is 3.68. The number of urea groups is 1. The molecule has 3 rings (SSSR count). The maximum atomic E-state index is 12.9. The van der Waals surface area contributed by atoms with Crippen LogP contribution in [0.5, 0.6) is 0 Å². The molecule has 0 spiro atoms. The maximum absolute atomic E-state index is 12.9. The van der Waals surface area contributed by atoms with Gasteiger partial charge in [0.1, 0.15) is 0 Å². The van der Waals surface area contributed by atoms with E-state index >= 15 is 0 Å². The number of rotatable bonds is 5. The number of nitrogens with zero attached hydrogens (tertiary/aromatic N) is 1. The number of nitrogens with two attached hydrogens (primary N) is 1. The Morgan fingerprint density at radius 2 is 1.93 bits per heavy atom. The van der Waals surface area contributed by atoms with Crippen molar-refractivity contribution in [3.8, 4) is 0 Å². The van der Waals surface area contributed by atoms with Gasteiger partial charge >= 0.3 is 6.03 Å². The SMILES string of the molecule is Cc1cccc(NC(=O)N2CCCC(C(=O)NC(CN)C3CCCCC3)C2)c1.Cl. The normalized spacial score (nSPS) is 21.0. The van der Waals surface area contributed by atoms with Crippen molar-refractivity contribution in [2.24, 2.45) is 17.6 Å². The summed E-state index contributed by atoms with van der Waals surface area (Å²) in [4.78, 5) is 27.2. The van der Waals surface area contributed by atoms with Gasteiger partial charge in [0.15, 0.2) is 0 Å². The Morgan fingerprint density at radius 1 is 1.17 bits per heavy atom. The summed E-state index contributed by atoms with van der Waals surface area (Å²) in [5.41, 5.74) is 7.86. The summed E-state index contributed by atoms with van der Waals surface area (Å²) < 4.78 is 0. The van der Waals surface area contributed by atoms with Crippen molar-refractivity contribution in [1.82, 2.24) is 10.2 Å². The third-order valence-electron chi connectivity index (χ3n) is 6.15. The summed E-state index contributed by atoms with van der Waals surface area (Å²) in [5.74, 6) is 0.385. The van der Waals surface area contributed by atoms with Crippen molar-refractivity contribution >= 4 is 30.0 Å². The fourth-order valence-electron chi connectivity index (χ4n) is 4.51. The minimum absolute atomic E-state index is 0. The van der Waals surface area contributed by atoms with Gasteiger partial charge in [-0.15, -0.1) is 12.4 Å².